The van der Waals surface area contributed by atoms with Crippen molar-refractivity contribution in [2.75, 3.05) is 10.6 Å². The molecule has 0 atom stereocenters. The van der Waals surface area contributed by atoms with Gasteiger partial charge in [-0.05, 0) is 30.3 Å². The van der Waals surface area contributed by atoms with Gasteiger partial charge in [-0.2, -0.15) is 18.4 Å². The molecule has 0 aliphatic rings. The van der Waals surface area contributed by atoms with Crippen molar-refractivity contribution in [3.8, 4) is 6.07 Å². The van der Waals surface area contributed by atoms with Gasteiger partial charge in [-0.25, -0.2) is 4.39 Å². The van der Waals surface area contributed by atoms with Crippen molar-refractivity contribution in [2.24, 2.45) is 0 Å². The summed E-state index contributed by atoms with van der Waals surface area (Å²) in [5.74, 6) is -1.57. The third-order valence-corrected chi connectivity index (χ3v) is 3.47. The van der Waals surface area contributed by atoms with Crippen LogP contribution >= 0.6 is 11.6 Å². The third-order valence-electron chi connectivity index (χ3n) is 3.14. The molecule has 2 aromatic rings. The Bertz CT molecular complexity index is 904. The first-order chi connectivity index (χ1) is 12.2. The minimum absolute atomic E-state index is 0.0268. The van der Waals surface area contributed by atoms with Crippen molar-refractivity contribution in [1.82, 2.24) is 0 Å². The number of anilines is 2. The second-order valence-corrected chi connectivity index (χ2v) is 5.35. The number of nitrogens with one attached hydrogen (secondary N) is 2. The Kier molecular flexibility index (Phi) is 5.85. The Morgan fingerprint density at radius 1 is 1.19 bits per heavy atom. The number of para-hydroxylation sites is 1. The fourth-order valence-electron chi connectivity index (χ4n) is 1.90. The van der Waals surface area contributed by atoms with Crippen molar-refractivity contribution in [3.05, 3.63) is 70.6 Å². The first-order valence-corrected chi connectivity index (χ1v) is 7.39. The zero-order valence-electron chi connectivity index (χ0n) is 12.9. The van der Waals surface area contributed by atoms with E-state index in [1.165, 1.54) is 24.3 Å². The highest BCUT2D eigenvalue weighted by Crippen LogP contribution is 2.36. The maximum Gasteiger partial charge on any atom is 0.417 e. The monoisotopic (exact) mass is 383 g/mol. The largest absolute Gasteiger partial charge is 0.417 e. The molecule has 0 aliphatic heterocycles. The second-order valence-electron chi connectivity index (χ2n) is 4.94. The molecule has 2 aromatic carbocycles. The molecule has 9 heteroatoms. The van der Waals surface area contributed by atoms with Gasteiger partial charge in [0.25, 0.3) is 5.91 Å². The summed E-state index contributed by atoms with van der Waals surface area (Å²) in [4.78, 5) is 12.0. The molecule has 0 unspecified atom stereocenters. The van der Waals surface area contributed by atoms with Crippen molar-refractivity contribution in [3.63, 3.8) is 0 Å². The predicted molar refractivity (Wildman–Crippen MR) is 88.8 cm³/mol. The van der Waals surface area contributed by atoms with Crippen LogP contribution < -0.4 is 10.6 Å². The summed E-state index contributed by atoms with van der Waals surface area (Å²) >= 11 is 5.50. The lowest BCUT2D eigenvalue weighted by Crippen LogP contribution is -2.15. The van der Waals surface area contributed by atoms with Gasteiger partial charge in [0.2, 0.25) is 0 Å². The summed E-state index contributed by atoms with van der Waals surface area (Å²) in [6, 6.07) is 9.93. The standard InChI is InChI=1S/C17H10ClF4N3O/c18-13-6-5-11(7-12(13)17(20,21)22)25-16(26)10(8-23)9-24-15-4-2-1-3-14(15)19/h1-7,9,24H,(H,25,26)/b10-9-. The number of carbonyl (C=O) groups excluding carboxylic acids is 1. The van der Waals surface area contributed by atoms with E-state index in [9.17, 15) is 22.4 Å². The SMILES string of the molecule is N#C/C(=C/Nc1ccccc1F)C(=O)Nc1ccc(Cl)c(C(F)(F)F)c1. The normalized spacial score (nSPS) is 11.6. The van der Waals surface area contributed by atoms with Crippen LogP contribution in [0.15, 0.2) is 54.2 Å². The summed E-state index contributed by atoms with van der Waals surface area (Å²) in [6.07, 6.45) is -3.74. The van der Waals surface area contributed by atoms with Crippen LogP contribution in [0.3, 0.4) is 0 Å². The van der Waals surface area contributed by atoms with Gasteiger partial charge >= 0.3 is 6.18 Å². The van der Waals surface area contributed by atoms with Crippen molar-refractivity contribution in [2.45, 2.75) is 6.18 Å². The Morgan fingerprint density at radius 2 is 1.88 bits per heavy atom. The zero-order valence-corrected chi connectivity index (χ0v) is 13.6. The van der Waals surface area contributed by atoms with E-state index in [4.69, 9.17) is 16.9 Å². The zero-order chi connectivity index (χ0) is 19.3. The lowest BCUT2D eigenvalue weighted by atomic mass is 10.2. The Hall–Kier alpha value is -3.05. The van der Waals surface area contributed by atoms with Crippen LogP contribution in [-0.2, 0) is 11.0 Å². The number of halogens is 5. The minimum atomic E-state index is -4.70. The quantitative estimate of drug-likeness (QED) is 0.446. The highest BCUT2D eigenvalue weighted by molar-refractivity contribution is 6.31. The number of hydrogen-bond donors (Lipinski definition) is 2. The van der Waals surface area contributed by atoms with Gasteiger partial charge in [-0.3, -0.25) is 4.79 Å². The molecule has 0 spiro atoms. The molecular formula is C17H10ClF4N3O. The molecule has 1 amide bonds. The molecular weight excluding hydrogens is 374 g/mol. The number of carbonyl (C=O) groups is 1. The Morgan fingerprint density at radius 3 is 2.50 bits per heavy atom. The van der Waals surface area contributed by atoms with Crippen molar-refractivity contribution < 1.29 is 22.4 Å². The molecule has 134 valence electrons. The Balaban J connectivity index is 2.19. The maximum atomic E-state index is 13.5. The van der Waals surface area contributed by atoms with Crippen LogP contribution in [0.5, 0.6) is 0 Å². The number of hydrogen-bond acceptors (Lipinski definition) is 3. The number of alkyl halides is 3. The van der Waals surface area contributed by atoms with Crippen LogP contribution in [0.4, 0.5) is 28.9 Å². The van der Waals surface area contributed by atoms with E-state index in [2.05, 4.69) is 10.6 Å². The summed E-state index contributed by atoms with van der Waals surface area (Å²) in [7, 11) is 0. The fourth-order valence-corrected chi connectivity index (χ4v) is 2.12. The number of benzene rings is 2. The third kappa shape index (κ3) is 4.74. The van der Waals surface area contributed by atoms with Gasteiger partial charge in [0.15, 0.2) is 0 Å². The first kappa shape index (κ1) is 19.3. The number of amides is 1. The summed E-state index contributed by atoms with van der Waals surface area (Å²) in [5, 5.41) is 13.1. The second kappa shape index (κ2) is 7.89. The number of rotatable bonds is 4. The van der Waals surface area contributed by atoms with Crippen molar-refractivity contribution in [1.29, 1.82) is 5.26 Å². The highest BCUT2D eigenvalue weighted by Gasteiger charge is 2.33. The maximum absolute atomic E-state index is 13.5. The fraction of sp³-hybridized carbons (Fsp3) is 0.0588. The van der Waals surface area contributed by atoms with E-state index >= 15 is 0 Å². The van der Waals surface area contributed by atoms with Crippen LogP contribution in [0, 0.1) is 17.1 Å². The van der Waals surface area contributed by atoms with E-state index < -0.39 is 34.1 Å². The van der Waals surface area contributed by atoms with E-state index in [1.807, 2.05) is 0 Å². The summed E-state index contributed by atoms with van der Waals surface area (Å²) in [5.41, 5.74) is -1.75. The molecule has 0 bridgehead atoms. The molecule has 4 nitrogen and oxygen atoms in total. The van der Waals surface area contributed by atoms with Gasteiger partial charge < -0.3 is 10.6 Å². The smallest absolute Gasteiger partial charge is 0.358 e. The number of nitriles is 1. The van der Waals surface area contributed by atoms with Gasteiger partial charge in [0.05, 0.1) is 16.3 Å². The van der Waals surface area contributed by atoms with E-state index in [0.717, 1.165) is 18.3 Å². The van der Waals surface area contributed by atoms with E-state index in [0.29, 0.717) is 6.07 Å². The highest BCUT2D eigenvalue weighted by atomic mass is 35.5. The average Bonchev–Trinajstić information content (AvgIpc) is 2.57. The van der Waals surface area contributed by atoms with E-state index in [-0.39, 0.29) is 11.4 Å². The summed E-state index contributed by atoms with van der Waals surface area (Å²) < 4.78 is 52.0. The van der Waals surface area contributed by atoms with E-state index in [1.54, 1.807) is 6.07 Å². The van der Waals surface area contributed by atoms with Gasteiger partial charge in [-0.1, -0.05) is 23.7 Å². The van der Waals surface area contributed by atoms with Crippen LogP contribution in [0.25, 0.3) is 0 Å². The van der Waals surface area contributed by atoms with Crippen LogP contribution in [-0.4, -0.2) is 5.91 Å². The topological polar surface area (TPSA) is 64.9 Å². The molecule has 0 heterocycles. The first-order valence-electron chi connectivity index (χ1n) is 7.02. The van der Waals surface area contributed by atoms with Gasteiger partial charge in [0, 0.05) is 11.9 Å². The summed E-state index contributed by atoms with van der Waals surface area (Å²) in [6.45, 7) is 0. The molecule has 0 aromatic heterocycles. The average molecular weight is 384 g/mol. The molecule has 26 heavy (non-hydrogen) atoms. The molecule has 0 fully saturated rings. The lowest BCUT2D eigenvalue weighted by molar-refractivity contribution is -0.137. The molecule has 2 rings (SSSR count). The predicted octanol–water partition coefficient (Wildman–Crippen LogP) is 4.96. The molecule has 2 N–H and O–H groups in total. The lowest BCUT2D eigenvalue weighted by Gasteiger charge is -2.11. The molecule has 0 radical (unpaired) electrons. The molecule has 0 saturated carbocycles. The van der Waals surface area contributed by atoms with Crippen molar-refractivity contribution >= 4 is 28.9 Å². The van der Waals surface area contributed by atoms with Gasteiger partial charge in [-0.15, -0.1) is 0 Å². The van der Waals surface area contributed by atoms with Crippen LogP contribution in [0.2, 0.25) is 5.02 Å². The Labute approximate surface area is 150 Å². The molecule has 0 aliphatic carbocycles. The van der Waals surface area contributed by atoms with Gasteiger partial charge in [0.1, 0.15) is 17.5 Å². The van der Waals surface area contributed by atoms with Crippen LogP contribution in [0.1, 0.15) is 5.56 Å². The minimum Gasteiger partial charge on any atom is -0.358 e. The number of nitrogens with zero attached hydrogens (tertiary/aromatic N) is 1. The molecule has 0 saturated heterocycles.